The standard InChI is InChI=1S/C18H18ClN3O4/c19-14-6-2-1-5-13(14)16-11-20-9-10-21(16)18(23)12-26-17-8-4-3-7-15(17)22(24)25/h1-8,16,20H,9-12H2. The van der Waals surface area contributed by atoms with Crippen LogP contribution >= 0.6 is 11.6 Å². The summed E-state index contributed by atoms with van der Waals surface area (Å²) in [5.74, 6) is -0.162. The molecule has 136 valence electrons. The Kier molecular flexibility index (Phi) is 5.70. The quantitative estimate of drug-likeness (QED) is 0.641. The maximum atomic E-state index is 12.7. The number of carbonyl (C=O) groups is 1. The number of rotatable bonds is 5. The van der Waals surface area contributed by atoms with Gasteiger partial charge >= 0.3 is 5.69 Å². The number of nitro groups is 1. The fraction of sp³-hybridized carbons (Fsp3) is 0.278. The molecule has 3 rings (SSSR count). The molecule has 1 unspecified atom stereocenters. The van der Waals surface area contributed by atoms with E-state index in [9.17, 15) is 14.9 Å². The smallest absolute Gasteiger partial charge is 0.310 e. The summed E-state index contributed by atoms with van der Waals surface area (Å²) >= 11 is 6.28. The van der Waals surface area contributed by atoms with E-state index in [1.54, 1.807) is 23.1 Å². The maximum absolute atomic E-state index is 12.7. The summed E-state index contributed by atoms with van der Waals surface area (Å²) in [5.41, 5.74) is 0.698. The Labute approximate surface area is 155 Å². The third kappa shape index (κ3) is 3.95. The first kappa shape index (κ1) is 18.2. The molecule has 1 aliphatic heterocycles. The van der Waals surface area contributed by atoms with Gasteiger partial charge in [-0.15, -0.1) is 0 Å². The number of hydrogen-bond acceptors (Lipinski definition) is 5. The van der Waals surface area contributed by atoms with Crippen LogP contribution in [0.2, 0.25) is 5.02 Å². The zero-order chi connectivity index (χ0) is 18.5. The zero-order valence-electron chi connectivity index (χ0n) is 13.9. The summed E-state index contributed by atoms with van der Waals surface area (Å²) in [7, 11) is 0. The number of carbonyl (C=O) groups excluding carboxylic acids is 1. The Morgan fingerprint density at radius 2 is 2.00 bits per heavy atom. The first-order chi connectivity index (χ1) is 12.6. The molecule has 1 atom stereocenters. The summed E-state index contributed by atoms with van der Waals surface area (Å²) in [6.07, 6.45) is 0. The second-order valence-corrected chi connectivity index (χ2v) is 6.25. The van der Waals surface area contributed by atoms with Gasteiger partial charge in [-0.1, -0.05) is 41.9 Å². The number of para-hydroxylation sites is 2. The highest BCUT2D eigenvalue weighted by Gasteiger charge is 2.29. The van der Waals surface area contributed by atoms with Gasteiger partial charge in [-0.05, 0) is 17.7 Å². The molecule has 1 N–H and O–H groups in total. The lowest BCUT2D eigenvalue weighted by molar-refractivity contribution is -0.385. The van der Waals surface area contributed by atoms with Gasteiger partial charge in [-0.25, -0.2) is 0 Å². The van der Waals surface area contributed by atoms with E-state index < -0.39 is 4.92 Å². The summed E-state index contributed by atoms with van der Waals surface area (Å²) < 4.78 is 5.44. The lowest BCUT2D eigenvalue weighted by atomic mass is 10.0. The van der Waals surface area contributed by atoms with Crippen molar-refractivity contribution in [2.45, 2.75) is 6.04 Å². The second kappa shape index (κ2) is 8.16. The van der Waals surface area contributed by atoms with Gasteiger partial charge in [-0.3, -0.25) is 14.9 Å². The highest BCUT2D eigenvalue weighted by Crippen LogP contribution is 2.29. The highest BCUT2D eigenvalue weighted by molar-refractivity contribution is 6.31. The molecule has 0 radical (unpaired) electrons. The molecule has 26 heavy (non-hydrogen) atoms. The SMILES string of the molecule is O=C(COc1ccccc1[N+](=O)[O-])N1CCNCC1c1ccccc1Cl. The Morgan fingerprint density at radius 3 is 2.77 bits per heavy atom. The molecule has 1 heterocycles. The van der Waals surface area contributed by atoms with Crippen LogP contribution in [0.1, 0.15) is 11.6 Å². The van der Waals surface area contributed by atoms with E-state index in [0.717, 1.165) is 5.56 Å². The topological polar surface area (TPSA) is 84.7 Å². The van der Waals surface area contributed by atoms with Crippen LogP contribution in [0.4, 0.5) is 5.69 Å². The van der Waals surface area contributed by atoms with Gasteiger partial charge in [0.15, 0.2) is 12.4 Å². The van der Waals surface area contributed by atoms with Crippen LogP contribution in [0, 0.1) is 10.1 Å². The van der Waals surface area contributed by atoms with Gasteiger partial charge in [0.05, 0.1) is 11.0 Å². The lowest BCUT2D eigenvalue weighted by Crippen LogP contribution is -2.50. The molecular weight excluding hydrogens is 358 g/mol. The van der Waals surface area contributed by atoms with Crippen molar-refractivity contribution >= 4 is 23.2 Å². The van der Waals surface area contributed by atoms with Crippen LogP contribution in [0.15, 0.2) is 48.5 Å². The van der Waals surface area contributed by atoms with Gasteiger partial charge in [0.25, 0.3) is 5.91 Å². The van der Waals surface area contributed by atoms with E-state index in [-0.39, 0.29) is 30.0 Å². The summed E-state index contributed by atoms with van der Waals surface area (Å²) in [4.78, 5) is 24.9. The number of nitrogens with one attached hydrogen (secondary N) is 1. The van der Waals surface area contributed by atoms with E-state index in [0.29, 0.717) is 24.7 Å². The Hall–Kier alpha value is -2.64. The van der Waals surface area contributed by atoms with Crippen molar-refractivity contribution in [2.75, 3.05) is 26.2 Å². The van der Waals surface area contributed by atoms with E-state index >= 15 is 0 Å². The summed E-state index contributed by atoms with van der Waals surface area (Å²) in [6, 6.07) is 13.2. The van der Waals surface area contributed by atoms with E-state index in [1.165, 1.54) is 12.1 Å². The largest absolute Gasteiger partial charge is 0.477 e. The molecule has 0 aromatic heterocycles. The van der Waals surface area contributed by atoms with E-state index in [1.807, 2.05) is 18.2 Å². The number of halogens is 1. The highest BCUT2D eigenvalue weighted by atomic mass is 35.5. The van der Waals surface area contributed by atoms with Crippen molar-refractivity contribution in [2.24, 2.45) is 0 Å². The molecule has 0 spiro atoms. The number of amides is 1. The summed E-state index contributed by atoms with van der Waals surface area (Å²) in [5, 5.41) is 14.9. The molecular formula is C18H18ClN3O4. The fourth-order valence-electron chi connectivity index (χ4n) is 2.98. The van der Waals surface area contributed by atoms with Crippen LogP contribution in [-0.4, -0.2) is 42.0 Å². The minimum atomic E-state index is -0.531. The Morgan fingerprint density at radius 1 is 1.27 bits per heavy atom. The van der Waals surface area contributed by atoms with Crippen LogP contribution in [-0.2, 0) is 4.79 Å². The van der Waals surface area contributed by atoms with E-state index in [4.69, 9.17) is 16.3 Å². The minimum Gasteiger partial charge on any atom is -0.477 e. The molecule has 0 aliphatic carbocycles. The monoisotopic (exact) mass is 375 g/mol. The van der Waals surface area contributed by atoms with Crippen molar-refractivity contribution in [1.29, 1.82) is 0 Å². The average Bonchev–Trinajstić information content (AvgIpc) is 2.66. The van der Waals surface area contributed by atoms with Crippen LogP contribution in [0.25, 0.3) is 0 Å². The number of ether oxygens (including phenoxy) is 1. The minimum absolute atomic E-state index is 0.0790. The van der Waals surface area contributed by atoms with Crippen molar-refractivity contribution in [3.05, 3.63) is 69.2 Å². The lowest BCUT2D eigenvalue weighted by Gasteiger charge is -2.36. The first-order valence-corrected chi connectivity index (χ1v) is 8.56. The van der Waals surface area contributed by atoms with Gasteiger partial charge in [0.2, 0.25) is 0 Å². The van der Waals surface area contributed by atoms with Crippen LogP contribution in [0.5, 0.6) is 5.75 Å². The van der Waals surface area contributed by atoms with Crippen molar-refractivity contribution in [3.63, 3.8) is 0 Å². The second-order valence-electron chi connectivity index (χ2n) is 5.84. The predicted molar refractivity (Wildman–Crippen MR) is 97.4 cm³/mol. The number of nitro benzene ring substituents is 1. The number of piperazine rings is 1. The van der Waals surface area contributed by atoms with Gasteiger partial charge in [0.1, 0.15) is 0 Å². The molecule has 2 aromatic rings. The normalized spacial score (nSPS) is 17.0. The average molecular weight is 376 g/mol. The fourth-order valence-corrected chi connectivity index (χ4v) is 3.24. The molecule has 1 saturated heterocycles. The Balaban J connectivity index is 1.74. The predicted octanol–water partition coefficient (Wildman–Crippen LogP) is 2.80. The number of benzene rings is 2. The van der Waals surface area contributed by atoms with Crippen LogP contribution < -0.4 is 10.1 Å². The number of nitrogens with zero attached hydrogens (tertiary/aromatic N) is 2. The molecule has 0 bridgehead atoms. The molecule has 1 aliphatic rings. The molecule has 1 fully saturated rings. The molecule has 7 nitrogen and oxygen atoms in total. The summed E-state index contributed by atoms with van der Waals surface area (Å²) in [6.45, 7) is 1.49. The number of hydrogen-bond donors (Lipinski definition) is 1. The van der Waals surface area contributed by atoms with Gasteiger partial charge in [-0.2, -0.15) is 0 Å². The van der Waals surface area contributed by atoms with Gasteiger partial charge < -0.3 is 15.0 Å². The third-order valence-electron chi connectivity index (χ3n) is 4.24. The molecule has 2 aromatic carbocycles. The third-order valence-corrected chi connectivity index (χ3v) is 4.59. The van der Waals surface area contributed by atoms with Crippen LogP contribution in [0.3, 0.4) is 0 Å². The maximum Gasteiger partial charge on any atom is 0.310 e. The molecule has 8 heteroatoms. The van der Waals surface area contributed by atoms with E-state index in [2.05, 4.69) is 5.32 Å². The zero-order valence-corrected chi connectivity index (χ0v) is 14.7. The molecule has 1 amide bonds. The Bertz CT molecular complexity index is 815. The van der Waals surface area contributed by atoms with Crippen molar-refractivity contribution in [1.82, 2.24) is 10.2 Å². The van der Waals surface area contributed by atoms with Crippen molar-refractivity contribution < 1.29 is 14.5 Å². The van der Waals surface area contributed by atoms with Crippen molar-refractivity contribution in [3.8, 4) is 5.75 Å². The van der Waals surface area contributed by atoms with Gasteiger partial charge in [0, 0.05) is 30.7 Å². The first-order valence-electron chi connectivity index (χ1n) is 8.18. The molecule has 0 saturated carbocycles.